The Kier molecular flexibility index (Phi) is 8.85. The quantitative estimate of drug-likeness (QED) is 0.296. The van der Waals surface area contributed by atoms with Gasteiger partial charge in [0.1, 0.15) is 0 Å². The van der Waals surface area contributed by atoms with E-state index in [0.717, 1.165) is 18.8 Å². The molecule has 0 spiro atoms. The van der Waals surface area contributed by atoms with Gasteiger partial charge in [-0.25, -0.2) is 10.9 Å². The van der Waals surface area contributed by atoms with Crippen molar-refractivity contribution in [3.63, 3.8) is 0 Å². The molecule has 6 N–H and O–H groups in total. The molecule has 0 bridgehead atoms. The minimum absolute atomic E-state index is 0.0245. The predicted molar refractivity (Wildman–Crippen MR) is 103 cm³/mol. The van der Waals surface area contributed by atoms with E-state index in [1.54, 1.807) is 0 Å². The lowest BCUT2D eigenvalue weighted by molar-refractivity contribution is 0.357. The van der Waals surface area contributed by atoms with Crippen molar-refractivity contribution in [2.45, 2.75) is 32.9 Å². The smallest absolute Gasteiger partial charge is 0.180 e. The van der Waals surface area contributed by atoms with Crippen LogP contribution in [-0.2, 0) is 7.05 Å². The summed E-state index contributed by atoms with van der Waals surface area (Å²) in [4.78, 5) is 0. The second kappa shape index (κ2) is 10.4. The maximum atomic E-state index is 5.20. The molecule has 0 amide bonds. The van der Waals surface area contributed by atoms with E-state index in [-0.39, 0.29) is 12.1 Å². The Hall–Kier alpha value is -1.42. The molecule has 2 unspecified atom stereocenters. The molecule has 130 valence electrons. The Morgan fingerprint density at radius 3 is 2.13 bits per heavy atom. The lowest BCUT2D eigenvalue weighted by Gasteiger charge is -2.28. The Labute approximate surface area is 148 Å². The minimum Gasteiger partial charge on any atom is -0.362 e. The molecule has 1 heterocycles. The highest BCUT2D eigenvalue weighted by Gasteiger charge is 2.21. The highest BCUT2D eigenvalue weighted by molar-refractivity contribution is 7.80. The molecule has 9 heteroatoms. The predicted octanol–water partition coefficient (Wildman–Crippen LogP) is 0.432. The molecule has 0 aliphatic rings. The maximum Gasteiger partial charge on any atom is 0.180 e. The highest BCUT2D eigenvalue weighted by Crippen LogP contribution is 2.16. The number of thiocarbonyl (C=S) groups is 2. The third-order valence-electron chi connectivity index (χ3n) is 3.23. The van der Waals surface area contributed by atoms with E-state index >= 15 is 0 Å². The number of hydrogen-bond donors (Lipinski definition) is 6. The average molecular weight is 358 g/mol. The fraction of sp³-hybridized carbons (Fsp3) is 0.571. The molecular weight excluding hydrogens is 330 g/mol. The van der Waals surface area contributed by atoms with E-state index in [2.05, 4.69) is 49.9 Å². The first-order valence-electron chi connectivity index (χ1n) is 7.69. The summed E-state index contributed by atoms with van der Waals surface area (Å²) < 4.78 is 2.07. The average Bonchev–Trinajstić information content (AvgIpc) is 2.92. The first-order valence-corrected chi connectivity index (χ1v) is 8.51. The van der Waals surface area contributed by atoms with Crippen molar-refractivity contribution in [1.82, 2.24) is 36.9 Å². The van der Waals surface area contributed by atoms with Crippen molar-refractivity contribution in [3.05, 3.63) is 24.0 Å². The van der Waals surface area contributed by atoms with Gasteiger partial charge in [-0.2, -0.15) is 0 Å². The van der Waals surface area contributed by atoms with Crippen LogP contribution in [0.4, 0.5) is 0 Å². The Balaban J connectivity index is 2.69. The maximum absolute atomic E-state index is 5.20. The Morgan fingerprint density at radius 2 is 1.65 bits per heavy atom. The molecule has 0 fully saturated rings. The largest absolute Gasteiger partial charge is 0.362 e. The van der Waals surface area contributed by atoms with Crippen LogP contribution in [0.5, 0.6) is 0 Å². The highest BCUT2D eigenvalue weighted by atomic mass is 32.1. The van der Waals surface area contributed by atoms with Crippen LogP contribution in [0.25, 0.3) is 0 Å². The fourth-order valence-corrected chi connectivity index (χ4v) is 2.47. The van der Waals surface area contributed by atoms with Crippen molar-refractivity contribution < 1.29 is 0 Å². The van der Waals surface area contributed by atoms with Gasteiger partial charge in [-0.05, 0) is 57.3 Å². The monoisotopic (exact) mass is 357 g/mol. The van der Waals surface area contributed by atoms with E-state index < -0.39 is 0 Å². The van der Waals surface area contributed by atoms with Crippen molar-refractivity contribution in [3.8, 4) is 0 Å². The SMILES string of the molecule is CCNC(=S)NNC(C)C(NNC(=S)NCC)c1cccn1C. The van der Waals surface area contributed by atoms with Gasteiger partial charge in [-0.15, -0.1) is 0 Å². The Morgan fingerprint density at radius 1 is 1.09 bits per heavy atom. The second-order valence-corrected chi connectivity index (χ2v) is 5.88. The number of hydrogen-bond acceptors (Lipinski definition) is 4. The summed E-state index contributed by atoms with van der Waals surface area (Å²) in [7, 11) is 2.01. The standard InChI is InChI=1S/C14H27N7S2/c1-5-15-13(22)19-17-10(3)12(11-8-7-9-21(11)4)18-20-14(23)16-6-2/h7-10,12,17-18H,5-6H2,1-4H3,(H2,15,19,22)(H2,16,20,23). The first kappa shape index (κ1) is 19.6. The zero-order valence-corrected chi connectivity index (χ0v) is 15.7. The number of rotatable bonds is 8. The molecule has 7 nitrogen and oxygen atoms in total. The van der Waals surface area contributed by atoms with Crippen molar-refractivity contribution in [2.24, 2.45) is 7.05 Å². The Bertz CT molecular complexity index is 503. The summed E-state index contributed by atoms with van der Waals surface area (Å²) in [5.41, 5.74) is 13.6. The summed E-state index contributed by atoms with van der Waals surface area (Å²) in [6.45, 7) is 7.61. The van der Waals surface area contributed by atoms with E-state index in [0.29, 0.717) is 10.2 Å². The van der Waals surface area contributed by atoms with Crippen molar-refractivity contribution >= 4 is 34.7 Å². The zero-order chi connectivity index (χ0) is 17.2. The molecule has 0 aromatic carbocycles. The van der Waals surface area contributed by atoms with E-state index in [1.807, 2.05) is 33.2 Å². The summed E-state index contributed by atoms with van der Waals surface area (Å²) in [6.07, 6.45) is 2.01. The third-order valence-corrected chi connectivity index (χ3v) is 3.72. The molecule has 0 aliphatic heterocycles. The zero-order valence-electron chi connectivity index (χ0n) is 14.1. The van der Waals surface area contributed by atoms with Crippen molar-refractivity contribution in [2.75, 3.05) is 13.1 Å². The van der Waals surface area contributed by atoms with Crippen LogP contribution in [0.2, 0.25) is 0 Å². The molecule has 0 saturated heterocycles. The third kappa shape index (κ3) is 6.69. The van der Waals surface area contributed by atoms with Gasteiger partial charge in [0.05, 0.1) is 6.04 Å². The molecule has 1 aromatic heterocycles. The summed E-state index contributed by atoms with van der Waals surface area (Å²) >= 11 is 10.4. The van der Waals surface area contributed by atoms with Gasteiger partial charge in [-0.1, -0.05) is 0 Å². The van der Waals surface area contributed by atoms with Gasteiger partial charge in [0.2, 0.25) is 0 Å². The summed E-state index contributed by atoms with van der Waals surface area (Å²) in [6, 6.07) is 4.09. The van der Waals surface area contributed by atoms with E-state index in [1.165, 1.54) is 0 Å². The van der Waals surface area contributed by atoms with Gasteiger partial charge in [0.25, 0.3) is 0 Å². The number of aromatic nitrogens is 1. The lowest BCUT2D eigenvalue weighted by atomic mass is 10.1. The van der Waals surface area contributed by atoms with Gasteiger partial charge in [-0.3, -0.25) is 10.9 Å². The molecule has 0 radical (unpaired) electrons. The van der Waals surface area contributed by atoms with Crippen LogP contribution in [0.1, 0.15) is 32.5 Å². The number of nitrogens with one attached hydrogen (secondary N) is 6. The molecule has 2 atom stereocenters. The van der Waals surface area contributed by atoms with Crippen LogP contribution in [-0.4, -0.2) is 33.9 Å². The lowest BCUT2D eigenvalue weighted by Crippen LogP contribution is -2.55. The molecule has 23 heavy (non-hydrogen) atoms. The van der Waals surface area contributed by atoms with E-state index in [9.17, 15) is 0 Å². The fourth-order valence-electron chi connectivity index (χ4n) is 2.07. The minimum atomic E-state index is -0.0245. The first-order chi connectivity index (χ1) is 11.0. The van der Waals surface area contributed by atoms with Crippen LogP contribution < -0.4 is 32.3 Å². The van der Waals surface area contributed by atoms with Gasteiger partial charge in [0, 0.05) is 38.1 Å². The number of hydrazine groups is 2. The van der Waals surface area contributed by atoms with Gasteiger partial charge in [0.15, 0.2) is 10.2 Å². The number of aryl methyl sites for hydroxylation is 1. The molecule has 1 rings (SSSR count). The van der Waals surface area contributed by atoms with E-state index in [4.69, 9.17) is 24.4 Å². The summed E-state index contributed by atoms with van der Waals surface area (Å²) in [5.74, 6) is 0. The van der Waals surface area contributed by atoms with Gasteiger partial charge < -0.3 is 15.2 Å². The summed E-state index contributed by atoms with van der Waals surface area (Å²) in [5, 5.41) is 7.22. The second-order valence-electron chi connectivity index (χ2n) is 5.07. The normalized spacial score (nSPS) is 13.0. The van der Waals surface area contributed by atoms with Crippen LogP contribution in [0, 0.1) is 0 Å². The molecule has 0 saturated carbocycles. The number of nitrogens with zero attached hydrogens (tertiary/aromatic N) is 1. The van der Waals surface area contributed by atoms with Crippen LogP contribution in [0.3, 0.4) is 0 Å². The van der Waals surface area contributed by atoms with Crippen LogP contribution in [0.15, 0.2) is 18.3 Å². The topological polar surface area (TPSA) is 77.1 Å². The van der Waals surface area contributed by atoms with Gasteiger partial charge >= 0.3 is 0 Å². The molecule has 1 aromatic rings. The van der Waals surface area contributed by atoms with Crippen molar-refractivity contribution in [1.29, 1.82) is 0 Å². The molecule has 0 aliphatic carbocycles. The van der Waals surface area contributed by atoms with Crippen LogP contribution >= 0.6 is 24.4 Å². The molecular formula is C14H27N7S2.